The largest absolute Gasteiger partial charge is 0.481 e. The first-order valence-corrected chi connectivity index (χ1v) is 10.7. The topological polar surface area (TPSA) is 110 Å². The molecule has 0 radical (unpaired) electrons. The maximum Gasteiger partial charge on any atom is 0.309 e. The number of amides is 1. The molecule has 1 amide bonds. The van der Waals surface area contributed by atoms with Crippen molar-refractivity contribution in [2.24, 2.45) is 11.3 Å². The van der Waals surface area contributed by atoms with Crippen molar-refractivity contribution < 1.29 is 19.1 Å². The van der Waals surface area contributed by atoms with Crippen LogP contribution in [0.25, 0.3) is 16.9 Å². The van der Waals surface area contributed by atoms with Gasteiger partial charge in [-0.05, 0) is 64.5 Å². The monoisotopic (exact) mass is 439 g/mol. The zero-order chi connectivity index (χ0) is 23.0. The zero-order valence-electron chi connectivity index (χ0n) is 18.3. The Kier molecular flexibility index (Phi) is 5.66. The van der Waals surface area contributed by atoms with Gasteiger partial charge in [-0.25, -0.2) is 14.4 Å². The molecule has 1 aliphatic carbocycles. The maximum atomic E-state index is 13.7. The summed E-state index contributed by atoms with van der Waals surface area (Å²) in [7, 11) is 0. The lowest BCUT2D eigenvalue weighted by Crippen LogP contribution is -2.42. The van der Waals surface area contributed by atoms with Crippen LogP contribution in [-0.4, -0.2) is 42.8 Å². The van der Waals surface area contributed by atoms with E-state index in [1.165, 1.54) is 29.2 Å². The third-order valence-corrected chi connectivity index (χ3v) is 6.55. The van der Waals surface area contributed by atoms with Crippen LogP contribution in [0.5, 0.6) is 0 Å². The number of benzene rings is 1. The molecule has 1 aliphatic rings. The second-order valence-corrected chi connectivity index (χ2v) is 8.98. The van der Waals surface area contributed by atoms with E-state index in [0.717, 1.165) is 36.8 Å². The SMILES string of the molecule is Cc1nn(-c2ncc(C(=O)NC3CCC(C(C)(C)C(=O)O)CC3)cn2)c2cc(F)ccc12. The van der Waals surface area contributed by atoms with Crippen molar-refractivity contribution in [3.8, 4) is 5.95 Å². The quantitative estimate of drug-likeness (QED) is 0.628. The minimum absolute atomic E-state index is 0.0105. The molecular weight excluding hydrogens is 413 g/mol. The number of aromatic nitrogens is 4. The molecule has 2 heterocycles. The molecule has 168 valence electrons. The number of carboxylic acids is 1. The number of carboxylic acid groups (broad SMARTS) is 1. The van der Waals surface area contributed by atoms with E-state index >= 15 is 0 Å². The van der Waals surface area contributed by atoms with Gasteiger partial charge in [0.2, 0.25) is 0 Å². The summed E-state index contributed by atoms with van der Waals surface area (Å²) in [6, 6.07) is 4.41. The summed E-state index contributed by atoms with van der Waals surface area (Å²) in [5.41, 5.74) is 0.838. The fourth-order valence-corrected chi connectivity index (χ4v) is 4.35. The molecule has 4 rings (SSSR count). The van der Waals surface area contributed by atoms with Gasteiger partial charge in [0.05, 0.1) is 22.2 Å². The fourth-order valence-electron chi connectivity index (χ4n) is 4.35. The number of hydrogen-bond acceptors (Lipinski definition) is 5. The number of carbonyl (C=O) groups excluding carboxylic acids is 1. The molecule has 1 fully saturated rings. The minimum atomic E-state index is -0.787. The van der Waals surface area contributed by atoms with Crippen LogP contribution in [0.15, 0.2) is 30.6 Å². The Bertz CT molecular complexity index is 1160. The number of carbonyl (C=O) groups is 2. The first kappa shape index (κ1) is 21.9. The van der Waals surface area contributed by atoms with Crippen LogP contribution in [0.4, 0.5) is 4.39 Å². The van der Waals surface area contributed by atoms with Gasteiger partial charge in [0.25, 0.3) is 11.9 Å². The lowest BCUT2D eigenvalue weighted by Gasteiger charge is -2.36. The fraction of sp³-hybridized carbons (Fsp3) is 0.435. The van der Waals surface area contributed by atoms with Crippen LogP contribution in [0.2, 0.25) is 0 Å². The van der Waals surface area contributed by atoms with E-state index in [2.05, 4.69) is 20.4 Å². The van der Waals surface area contributed by atoms with Crippen LogP contribution in [0.3, 0.4) is 0 Å². The van der Waals surface area contributed by atoms with Crippen LogP contribution < -0.4 is 5.32 Å². The molecule has 1 saturated carbocycles. The summed E-state index contributed by atoms with van der Waals surface area (Å²) in [6.45, 7) is 5.35. The number of nitrogens with one attached hydrogen (secondary N) is 1. The Balaban J connectivity index is 1.43. The van der Waals surface area contributed by atoms with E-state index in [1.807, 2.05) is 6.92 Å². The predicted octanol–water partition coefficient (Wildman–Crippen LogP) is 3.66. The molecule has 3 aromatic rings. The molecule has 1 aromatic carbocycles. The van der Waals surface area contributed by atoms with Crippen molar-refractivity contribution >= 4 is 22.8 Å². The number of aliphatic carboxylic acids is 1. The first-order chi connectivity index (χ1) is 15.2. The van der Waals surface area contributed by atoms with E-state index in [4.69, 9.17) is 0 Å². The van der Waals surface area contributed by atoms with Gasteiger partial charge in [0.15, 0.2) is 0 Å². The number of rotatable bonds is 5. The minimum Gasteiger partial charge on any atom is -0.481 e. The second kappa shape index (κ2) is 8.29. The molecule has 2 N–H and O–H groups in total. The first-order valence-electron chi connectivity index (χ1n) is 10.7. The molecule has 32 heavy (non-hydrogen) atoms. The Morgan fingerprint density at radius 3 is 2.44 bits per heavy atom. The standard InChI is InChI=1S/C23H26FN5O3/c1-13-18-9-6-16(24)10-19(18)29(28-13)22-25-11-14(12-26-22)20(30)27-17-7-4-15(5-8-17)23(2,3)21(31)32/h6,9-12,15,17H,4-5,7-8H2,1-3H3,(H,27,30)(H,31,32). The van der Waals surface area contributed by atoms with E-state index in [1.54, 1.807) is 19.9 Å². The van der Waals surface area contributed by atoms with Crippen LogP contribution >= 0.6 is 0 Å². The summed E-state index contributed by atoms with van der Waals surface area (Å²) >= 11 is 0. The number of nitrogens with zero attached hydrogens (tertiary/aromatic N) is 4. The molecule has 9 heteroatoms. The lowest BCUT2D eigenvalue weighted by atomic mass is 9.70. The summed E-state index contributed by atoms with van der Waals surface area (Å²) in [5.74, 6) is -1.10. The molecule has 0 atom stereocenters. The third-order valence-electron chi connectivity index (χ3n) is 6.55. The van der Waals surface area contributed by atoms with Gasteiger partial charge in [0.1, 0.15) is 5.82 Å². The molecule has 0 saturated heterocycles. The van der Waals surface area contributed by atoms with Gasteiger partial charge in [-0.15, -0.1) is 0 Å². The normalized spacial score (nSPS) is 19.1. The summed E-state index contributed by atoms with van der Waals surface area (Å²) < 4.78 is 15.2. The Morgan fingerprint density at radius 1 is 1.16 bits per heavy atom. The molecule has 8 nitrogen and oxygen atoms in total. The van der Waals surface area contributed by atoms with Crippen molar-refractivity contribution in [3.05, 3.63) is 47.7 Å². The Labute approximate surface area is 184 Å². The number of fused-ring (bicyclic) bond motifs is 1. The van der Waals surface area contributed by atoms with Crippen LogP contribution in [0, 0.1) is 24.1 Å². The summed E-state index contributed by atoms with van der Waals surface area (Å²) in [6.07, 6.45) is 5.83. The van der Waals surface area contributed by atoms with Gasteiger partial charge in [-0.3, -0.25) is 9.59 Å². The molecule has 2 aromatic heterocycles. The number of halogens is 1. The van der Waals surface area contributed by atoms with Gasteiger partial charge < -0.3 is 10.4 Å². The van der Waals surface area contributed by atoms with Gasteiger partial charge in [0, 0.05) is 29.9 Å². The highest BCUT2D eigenvalue weighted by molar-refractivity contribution is 5.93. The van der Waals surface area contributed by atoms with Crippen molar-refractivity contribution in [2.75, 3.05) is 0 Å². The van der Waals surface area contributed by atoms with Crippen molar-refractivity contribution in [1.29, 1.82) is 0 Å². The van der Waals surface area contributed by atoms with E-state index in [-0.39, 0.29) is 29.6 Å². The zero-order valence-corrected chi connectivity index (χ0v) is 18.3. The summed E-state index contributed by atoms with van der Waals surface area (Å²) in [4.78, 5) is 32.6. The van der Waals surface area contributed by atoms with E-state index < -0.39 is 11.4 Å². The third kappa shape index (κ3) is 4.06. The lowest BCUT2D eigenvalue weighted by molar-refractivity contribution is -0.151. The molecule has 0 aliphatic heterocycles. The molecule has 0 unspecified atom stereocenters. The Morgan fingerprint density at radius 2 is 1.81 bits per heavy atom. The number of hydrogen-bond donors (Lipinski definition) is 2. The van der Waals surface area contributed by atoms with Crippen LogP contribution in [-0.2, 0) is 4.79 Å². The van der Waals surface area contributed by atoms with E-state index in [9.17, 15) is 19.1 Å². The predicted molar refractivity (Wildman–Crippen MR) is 116 cm³/mol. The summed E-state index contributed by atoms with van der Waals surface area (Å²) in [5, 5.41) is 17.6. The molecule has 0 bridgehead atoms. The Hall–Kier alpha value is -3.36. The average molecular weight is 439 g/mol. The van der Waals surface area contributed by atoms with E-state index in [0.29, 0.717) is 11.1 Å². The van der Waals surface area contributed by atoms with Crippen molar-refractivity contribution in [2.45, 2.75) is 52.5 Å². The van der Waals surface area contributed by atoms with Crippen LogP contribution in [0.1, 0.15) is 55.6 Å². The van der Waals surface area contributed by atoms with Gasteiger partial charge >= 0.3 is 5.97 Å². The average Bonchev–Trinajstić information content (AvgIpc) is 3.09. The highest BCUT2D eigenvalue weighted by Crippen LogP contribution is 2.38. The highest BCUT2D eigenvalue weighted by atomic mass is 19.1. The van der Waals surface area contributed by atoms with Crippen molar-refractivity contribution in [3.63, 3.8) is 0 Å². The maximum absolute atomic E-state index is 13.7. The van der Waals surface area contributed by atoms with Crippen molar-refractivity contribution in [1.82, 2.24) is 25.1 Å². The molecular formula is C23H26FN5O3. The van der Waals surface area contributed by atoms with Gasteiger partial charge in [-0.2, -0.15) is 9.78 Å². The number of aryl methyl sites for hydroxylation is 1. The highest BCUT2D eigenvalue weighted by Gasteiger charge is 2.39. The smallest absolute Gasteiger partial charge is 0.309 e. The molecule has 0 spiro atoms. The second-order valence-electron chi connectivity index (χ2n) is 8.98. The van der Waals surface area contributed by atoms with Gasteiger partial charge in [-0.1, -0.05) is 0 Å².